The van der Waals surface area contributed by atoms with Crippen molar-refractivity contribution in [3.63, 3.8) is 0 Å². The summed E-state index contributed by atoms with van der Waals surface area (Å²) < 4.78 is 0. The average Bonchev–Trinajstić information content (AvgIpc) is 2.43. The second kappa shape index (κ2) is 5.74. The quantitative estimate of drug-likeness (QED) is 0.589. The smallest absolute Gasteiger partial charge is 0.280 e. The number of carbonyl (C=O) groups excluding carboxylic acids is 1. The van der Waals surface area contributed by atoms with Crippen molar-refractivity contribution >= 4 is 22.6 Å². The molecule has 0 saturated carbocycles. The van der Waals surface area contributed by atoms with E-state index in [0.29, 0.717) is 11.5 Å². The number of rotatable bonds is 1. The second-order valence-corrected chi connectivity index (χ2v) is 5.07. The molecule has 0 N–H and O–H groups in total. The van der Waals surface area contributed by atoms with Crippen LogP contribution in [-0.4, -0.2) is 49.9 Å². The molecule has 4 nitrogen and oxygen atoms in total. The predicted molar refractivity (Wildman–Crippen MR) is 83.1 cm³/mol. The summed E-state index contributed by atoms with van der Waals surface area (Å²) >= 11 is 0. The third-order valence-corrected chi connectivity index (χ3v) is 3.00. The lowest BCUT2D eigenvalue weighted by atomic mass is 10.1. The number of nitrogens with zero attached hydrogens (tertiary/aromatic N) is 3. The van der Waals surface area contributed by atoms with Crippen LogP contribution in [0.4, 0.5) is 0 Å². The molecule has 2 aromatic rings. The van der Waals surface area contributed by atoms with Crippen LogP contribution in [0.2, 0.25) is 0 Å². The molecule has 0 bridgehead atoms. The van der Waals surface area contributed by atoms with Gasteiger partial charge in [0.05, 0.1) is 0 Å². The fourth-order valence-corrected chi connectivity index (χ4v) is 2.08. The van der Waals surface area contributed by atoms with Gasteiger partial charge in [-0.1, -0.05) is 30.3 Å². The summed E-state index contributed by atoms with van der Waals surface area (Å²) in [6.45, 7) is 0. The Morgan fingerprint density at radius 2 is 1.50 bits per heavy atom. The fraction of sp³-hybridized carbons (Fsp3) is 0.250. The Morgan fingerprint density at radius 1 is 0.900 bits per heavy atom. The minimum Gasteiger partial charge on any atom is -0.349 e. The first-order valence-corrected chi connectivity index (χ1v) is 6.45. The fourth-order valence-electron chi connectivity index (χ4n) is 2.08. The minimum atomic E-state index is -0.229. The zero-order chi connectivity index (χ0) is 14.7. The van der Waals surface area contributed by atoms with Crippen LogP contribution in [0.15, 0.2) is 47.5 Å². The molecular weight excluding hydrogens is 250 g/mol. The summed E-state index contributed by atoms with van der Waals surface area (Å²) in [4.78, 5) is 20.1. The molecule has 0 aromatic heterocycles. The second-order valence-electron chi connectivity index (χ2n) is 5.07. The van der Waals surface area contributed by atoms with Gasteiger partial charge in [-0.3, -0.25) is 4.79 Å². The van der Waals surface area contributed by atoms with Crippen molar-refractivity contribution in [1.29, 1.82) is 0 Å². The highest BCUT2D eigenvalue weighted by Crippen LogP contribution is 2.16. The molecule has 0 aliphatic heterocycles. The highest BCUT2D eigenvalue weighted by Gasteiger charge is 2.10. The molecule has 0 atom stereocenters. The lowest BCUT2D eigenvalue weighted by Gasteiger charge is -2.22. The normalized spacial score (nSPS) is 10.2. The highest BCUT2D eigenvalue weighted by molar-refractivity contribution is 6.04. The van der Waals surface area contributed by atoms with E-state index in [0.717, 1.165) is 10.8 Å². The molecule has 0 fully saturated rings. The zero-order valence-corrected chi connectivity index (χ0v) is 12.3. The summed E-state index contributed by atoms with van der Waals surface area (Å²) in [7, 11) is 7.47. The molecule has 2 rings (SSSR count). The Bertz CT molecular complexity index is 650. The SMILES string of the molecule is CN(C)C(=NC(=O)c1ccc2ccccc2c1)N(C)C. The largest absolute Gasteiger partial charge is 0.349 e. The van der Waals surface area contributed by atoms with Gasteiger partial charge >= 0.3 is 0 Å². The average molecular weight is 269 g/mol. The third kappa shape index (κ3) is 2.96. The first-order chi connectivity index (χ1) is 9.49. The summed E-state index contributed by atoms with van der Waals surface area (Å²) in [5, 5.41) is 2.17. The third-order valence-electron chi connectivity index (χ3n) is 3.00. The van der Waals surface area contributed by atoms with Gasteiger partial charge in [0.1, 0.15) is 0 Å². The lowest BCUT2D eigenvalue weighted by Crippen LogP contribution is -2.36. The molecular formula is C16H19N3O. The monoisotopic (exact) mass is 269 g/mol. The van der Waals surface area contributed by atoms with Crippen LogP contribution in [0, 0.1) is 0 Å². The molecule has 0 aliphatic rings. The van der Waals surface area contributed by atoms with E-state index in [2.05, 4.69) is 4.99 Å². The number of carbonyl (C=O) groups is 1. The van der Waals surface area contributed by atoms with Gasteiger partial charge < -0.3 is 9.80 Å². The Hall–Kier alpha value is -2.36. The van der Waals surface area contributed by atoms with E-state index in [1.54, 1.807) is 0 Å². The molecule has 1 amide bonds. The van der Waals surface area contributed by atoms with Crippen LogP contribution in [0.3, 0.4) is 0 Å². The number of hydrogen-bond acceptors (Lipinski definition) is 1. The van der Waals surface area contributed by atoms with E-state index in [4.69, 9.17) is 0 Å². The molecule has 0 saturated heterocycles. The number of fused-ring (bicyclic) bond motifs is 1. The number of benzene rings is 2. The van der Waals surface area contributed by atoms with Crippen molar-refractivity contribution in [3.05, 3.63) is 48.0 Å². The van der Waals surface area contributed by atoms with Crippen LogP contribution in [0.1, 0.15) is 10.4 Å². The van der Waals surface area contributed by atoms with E-state index in [9.17, 15) is 4.79 Å². The van der Waals surface area contributed by atoms with Crippen LogP contribution in [0.5, 0.6) is 0 Å². The molecule has 2 aromatic carbocycles. The van der Waals surface area contributed by atoms with Crippen LogP contribution >= 0.6 is 0 Å². The maximum Gasteiger partial charge on any atom is 0.280 e. The van der Waals surface area contributed by atoms with Crippen LogP contribution in [0.25, 0.3) is 10.8 Å². The molecule has 0 spiro atoms. The Kier molecular flexibility index (Phi) is 4.03. The number of hydrogen-bond donors (Lipinski definition) is 0. The molecule has 0 heterocycles. The van der Waals surface area contributed by atoms with Gasteiger partial charge in [-0.15, -0.1) is 0 Å². The van der Waals surface area contributed by atoms with Gasteiger partial charge in [0.25, 0.3) is 5.91 Å². The van der Waals surface area contributed by atoms with Crippen LogP contribution < -0.4 is 0 Å². The van der Waals surface area contributed by atoms with Gasteiger partial charge in [-0.2, -0.15) is 4.99 Å². The van der Waals surface area contributed by atoms with E-state index in [-0.39, 0.29) is 5.91 Å². The van der Waals surface area contributed by atoms with E-state index < -0.39 is 0 Å². The Morgan fingerprint density at radius 3 is 2.10 bits per heavy atom. The van der Waals surface area contributed by atoms with Crippen molar-refractivity contribution < 1.29 is 4.79 Å². The Balaban J connectivity index is 2.38. The van der Waals surface area contributed by atoms with Crippen molar-refractivity contribution in [2.45, 2.75) is 0 Å². The lowest BCUT2D eigenvalue weighted by molar-refractivity contribution is 0.1000. The predicted octanol–water partition coefficient (Wildman–Crippen LogP) is 2.46. The number of aliphatic imine (C=N–C) groups is 1. The van der Waals surface area contributed by atoms with Gasteiger partial charge in [0.15, 0.2) is 0 Å². The topological polar surface area (TPSA) is 35.9 Å². The summed E-state index contributed by atoms with van der Waals surface area (Å²) in [6, 6.07) is 13.6. The highest BCUT2D eigenvalue weighted by atomic mass is 16.1. The summed E-state index contributed by atoms with van der Waals surface area (Å²) in [5.41, 5.74) is 0.602. The number of amides is 1. The first kappa shape index (κ1) is 14.1. The van der Waals surface area contributed by atoms with Crippen molar-refractivity contribution in [3.8, 4) is 0 Å². The number of guanidine groups is 1. The maximum absolute atomic E-state index is 12.3. The van der Waals surface area contributed by atoms with Gasteiger partial charge in [-0.25, -0.2) is 0 Å². The minimum absolute atomic E-state index is 0.229. The molecule has 0 unspecified atom stereocenters. The maximum atomic E-state index is 12.3. The summed E-state index contributed by atoms with van der Waals surface area (Å²) in [6.07, 6.45) is 0. The van der Waals surface area contributed by atoms with Crippen molar-refractivity contribution in [1.82, 2.24) is 9.80 Å². The van der Waals surface area contributed by atoms with Gasteiger partial charge in [0, 0.05) is 33.8 Å². The molecule has 0 aliphatic carbocycles. The zero-order valence-electron chi connectivity index (χ0n) is 12.3. The van der Waals surface area contributed by atoms with Crippen molar-refractivity contribution in [2.24, 2.45) is 4.99 Å². The molecule has 4 heteroatoms. The Labute approximate surface area is 119 Å². The molecule has 104 valence electrons. The molecule has 0 radical (unpaired) electrons. The van der Waals surface area contributed by atoms with Crippen LogP contribution in [-0.2, 0) is 0 Å². The first-order valence-electron chi connectivity index (χ1n) is 6.45. The standard InChI is InChI=1S/C16H19N3O/c1-18(2)16(19(3)4)17-15(20)14-10-9-12-7-5-6-8-13(12)11-14/h5-11H,1-4H3. The van der Waals surface area contributed by atoms with E-state index in [1.807, 2.05) is 80.5 Å². The van der Waals surface area contributed by atoms with Crippen molar-refractivity contribution in [2.75, 3.05) is 28.2 Å². The van der Waals surface area contributed by atoms with E-state index in [1.165, 1.54) is 0 Å². The van der Waals surface area contributed by atoms with E-state index >= 15 is 0 Å². The van der Waals surface area contributed by atoms with Gasteiger partial charge in [-0.05, 0) is 22.9 Å². The molecule has 20 heavy (non-hydrogen) atoms. The summed E-state index contributed by atoms with van der Waals surface area (Å²) in [5.74, 6) is 0.399. The van der Waals surface area contributed by atoms with Gasteiger partial charge in [0.2, 0.25) is 5.96 Å².